The van der Waals surface area contributed by atoms with Gasteiger partial charge in [-0.3, -0.25) is 4.79 Å². The van der Waals surface area contributed by atoms with Crippen LogP contribution in [0.1, 0.15) is 55.6 Å². The normalized spacial score (nSPS) is 20.3. The van der Waals surface area contributed by atoms with Crippen LogP contribution in [0.5, 0.6) is 0 Å². The van der Waals surface area contributed by atoms with E-state index >= 15 is 0 Å². The summed E-state index contributed by atoms with van der Waals surface area (Å²) in [7, 11) is 0. The van der Waals surface area contributed by atoms with Crippen LogP contribution >= 0.6 is 11.6 Å². The third-order valence-corrected chi connectivity index (χ3v) is 6.75. The number of aryl methyl sites for hydroxylation is 1. The van der Waals surface area contributed by atoms with Crippen molar-refractivity contribution >= 4 is 29.1 Å². The van der Waals surface area contributed by atoms with Crippen LogP contribution in [0.3, 0.4) is 0 Å². The molecule has 1 amide bonds. The molecular formula is C23H27ClN4O. The van der Waals surface area contributed by atoms with E-state index in [2.05, 4.69) is 14.9 Å². The molecule has 2 aliphatic heterocycles. The first-order valence-corrected chi connectivity index (χ1v) is 11.2. The van der Waals surface area contributed by atoms with Crippen LogP contribution in [0, 0.1) is 5.92 Å². The molecular weight excluding hydrogens is 384 g/mol. The summed E-state index contributed by atoms with van der Waals surface area (Å²) in [5, 5.41) is 0.749. The van der Waals surface area contributed by atoms with E-state index in [4.69, 9.17) is 11.6 Å². The Balaban J connectivity index is 1.25. The molecule has 1 saturated heterocycles. The Kier molecular flexibility index (Phi) is 5.17. The van der Waals surface area contributed by atoms with E-state index in [0.717, 1.165) is 68.4 Å². The highest BCUT2D eigenvalue weighted by atomic mass is 35.5. The predicted molar refractivity (Wildman–Crippen MR) is 116 cm³/mol. The van der Waals surface area contributed by atoms with E-state index in [1.165, 1.54) is 24.0 Å². The fourth-order valence-corrected chi connectivity index (χ4v) is 4.82. The number of carbonyl (C=O) groups is 1. The number of hydrogen-bond acceptors (Lipinski definition) is 4. The molecule has 2 aromatic rings. The van der Waals surface area contributed by atoms with Crippen LogP contribution in [0.15, 0.2) is 30.6 Å². The smallest absolute Gasteiger partial charge is 0.230 e. The Hall–Kier alpha value is -2.14. The van der Waals surface area contributed by atoms with E-state index in [-0.39, 0.29) is 11.8 Å². The Bertz CT molecular complexity index is 888. The molecule has 0 spiro atoms. The molecule has 1 saturated carbocycles. The second-order valence-electron chi connectivity index (χ2n) is 8.57. The minimum atomic E-state index is 0.0682. The van der Waals surface area contributed by atoms with Crippen molar-refractivity contribution in [2.24, 2.45) is 5.92 Å². The van der Waals surface area contributed by atoms with E-state index in [1.807, 2.05) is 35.5 Å². The molecule has 0 atom stereocenters. The summed E-state index contributed by atoms with van der Waals surface area (Å²) >= 11 is 6.19. The van der Waals surface area contributed by atoms with Crippen LogP contribution < -0.4 is 9.80 Å². The highest BCUT2D eigenvalue weighted by Crippen LogP contribution is 2.39. The second kappa shape index (κ2) is 7.94. The van der Waals surface area contributed by atoms with Crippen LogP contribution in [0.4, 0.5) is 11.6 Å². The average molecular weight is 411 g/mol. The minimum absolute atomic E-state index is 0.0682. The Labute approximate surface area is 177 Å². The summed E-state index contributed by atoms with van der Waals surface area (Å²) in [4.78, 5) is 26.8. The molecule has 29 heavy (non-hydrogen) atoms. The maximum absolute atomic E-state index is 13.4. The quantitative estimate of drug-likeness (QED) is 0.742. The van der Waals surface area contributed by atoms with Gasteiger partial charge in [0.05, 0.1) is 0 Å². The van der Waals surface area contributed by atoms with Crippen molar-refractivity contribution in [3.05, 3.63) is 46.7 Å². The zero-order valence-electron chi connectivity index (χ0n) is 16.7. The van der Waals surface area contributed by atoms with Crippen LogP contribution in [0.25, 0.3) is 0 Å². The van der Waals surface area contributed by atoms with Gasteiger partial charge in [0.15, 0.2) is 0 Å². The Morgan fingerprint density at radius 3 is 2.48 bits per heavy atom. The molecule has 1 aromatic heterocycles. The summed E-state index contributed by atoms with van der Waals surface area (Å²) in [6.45, 7) is 2.47. The molecule has 3 heterocycles. The topological polar surface area (TPSA) is 49.3 Å². The lowest BCUT2D eigenvalue weighted by atomic mass is 9.95. The van der Waals surface area contributed by atoms with Gasteiger partial charge in [0.25, 0.3) is 0 Å². The number of rotatable bonds is 3. The SMILES string of the molecule is O=C(C1CCN(c2ncc(C3CC3)cn2)CC1)N1CCCCc2cc(Cl)ccc21. The van der Waals surface area contributed by atoms with Gasteiger partial charge in [-0.25, -0.2) is 9.97 Å². The number of aromatic nitrogens is 2. The zero-order chi connectivity index (χ0) is 19.8. The standard InChI is InChI=1S/C23H27ClN4O/c24-20-6-7-21-18(13-20)3-1-2-10-28(21)22(29)17-8-11-27(12-9-17)23-25-14-19(15-26-23)16-4-5-16/h6-7,13-17H,1-5,8-12H2. The van der Waals surface area contributed by atoms with Crippen molar-refractivity contribution in [2.75, 3.05) is 29.4 Å². The predicted octanol–water partition coefficient (Wildman–Crippen LogP) is 4.59. The maximum atomic E-state index is 13.4. The Morgan fingerprint density at radius 1 is 1.00 bits per heavy atom. The molecule has 3 aliphatic rings. The van der Waals surface area contributed by atoms with Crippen LogP contribution in [0.2, 0.25) is 5.02 Å². The number of halogens is 1. The average Bonchev–Trinajstić information content (AvgIpc) is 3.61. The molecule has 152 valence electrons. The summed E-state index contributed by atoms with van der Waals surface area (Å²) in [6, 6.07) is 5.94. The molecule has 0 N–H and O–H groups in total. The van der Waals surface area contributed by atoms with Crippen molar-refractivity contribution in [1.29, 1.82) is 0 Å². The first kappa shape index (κ1) is 18.9. The molecule has 1 aromatic carbocycles. The number of anilines is 2. The number of benzene rings is 1. The van der Waals surface area contributed by atoms with E-state index < -0.39 is 0 Å². The number of fused-ring (bicyclic) bond motifs is 1. The third kappa shape index (κ3) is 3.97. The molecule has 5 nitrogen and oxygen atoms in total. The molecule has 0 unspecified atom stereocenters. The minimum Gasteiger partial charge on any atom is -0.341 e. The molecule has 6 heteroatoms. The van der Waals surface area contributed by atoms with Gasteiger partial charge in [-0.1, -0.05) is 11.6 Å². The maximum Gasteiger partial charge on any atom is 0.230 e. The number of amides is 1. The summed E-state index contributed by atoms with van der Waals surface area (Å²) in [5.74, 6) is 1.81. The van der Waals surface area contributed by atoms with Gasteiger partial charge >= 0.3 is 0 Å². The first-order valence-electron chi connectivity index (χ1n) is 10.9. The van der Waals surface area contributed by atoms with Gasteiger partial charge in [-0.15, -0.1) is 0 Å². The van der Waals surface area contributed by atoms with Crippen molar-refractivity contribution in [3.63, 3.8) is 0 Å². The van der Waals surface area contributed by atoms with Crippen LogP contribution in [-0.4, -0.2) is 35.5 Å². The lowest BCUT2D eigenvalue weighted by molar-refractivity contribution is -0.123. The van der Waals surface area contributed by atoms with Gasteiger partial charge in [0.2, 0.25) is 11.9 Å². The van der Waals surface area contributed by atoms with Crippen molar-refractivity contribution in [1.82, 2.24) is 9.97 Å². The molecule has 5 rings (SSSR count). The van der Waals surface area contributed by atoms with Crippen LogP contribution in [-0.2, 0) is 11.2 Å². The zero-order valence-corrected chi connectivity index (χ0v) is 17.4. The highest BCUT2D eigenvalue weighted by Gasteiger charge is 2.32. The summed E-state index contributed by atoms with van der Waals surface area (Å²) in [5.41, 5.74) is 3.52. The van der Waals surface area contributed by atoms with Crippen molar-refractivity contribution in [2.45, 2.75) is 50.9 Å². The van der Waals surface area contributed by atoms with Gasteiger partial charge in [-0.05, 0) is 80.2 Å². The van der Waals surface area contributed by atoms with Gasteiger partial charge in [0, 0.05) is 48.7 Å². The highest BCUT2D eigenvalue weighted by molar-refractivity contribution is 6.30. The van der Waals surface area contributed by atoms with Crippen molar-refractivity contribution in [3.8, 4) is 0 Å². The van der Waals surface area contributed by atoms with Gasteiger partial charge < -0.3 is 9.80 Å². The molecule has 0 bridgehead atoms. The first-order chi connectivity index (χ1) is 14.2. The fourth-order valence-electron chi connectivity index (χ4n) is 4.62. The number of piperidine rings is 1. The number of carbonyl (C=O) groups excluding carboxylic acids is 1. The number of nitrogens with zero attached hydrogens (tertiary/aromatic N) is 4. The largest absolute Gasteiger partial charge is 0.341 e. The molecule has 2 fully saturated rings. The second-order valence-corrected chi connectivity index (χ2v) is 9.01. The van der Waals surface area contributed by atoms with E-state index in [9.17, 15) is 4.79 Å². The van der Waals surface area contributed by atoms with Crippen molar-refractivity contribution < 1.29 is 4.79 Å². The summed E-state index contributed by atoms with van der Waals surface area (Å²) in [6.07, 6.45) is 11.3. The monoisotopic (exact) mass is 410 g/mol. The third-order valence-electron chi connectivity index (χ3n) is 6.51. The molecule has 0 radical (unpaired) electrons. The fraction of sp³-hybridized carbons (Fsp3) is 0.522. The lowest BCUT2D eigenvalue weighted by Gasteiger charge is -2.34. The Morgan fingerprint density at radius 2 is 1.76 bits per heavy atom. The van der Waals surface area contributed by atoms with E-state index in [0.29, 0.717) is 5.92 Å². The number of hydrogen-bond donors (Lipinski definition) is 0. The lowest BCUT2D eigenvalue weighted by Crippen LogP contribution is -2.43. The van der Waals surface area contributed by atoms with E-state index in [1.54, 1.807) is 0 Å². The van der Waals surface area contributed by atoms with Gasteiger partial charge in [0.1, 0.15) is 0 Å². The molecule has 1 aliphatic carbocycles. The summed E-state index contributed by atoms with van der Waals surface area (Å²) < 4.78 is 0. The van der Waals surface area contributed by atoms with Gasteiger partial charge in [-0.2, -0.15) is 0 Å².